The molecule has 0 aliphatic rings. The predicted molar refractivity (Wildman–Crippen MR) is 102 cm³/mol. The molecule has 1 aromatic heterocycles. The number of ether oxygens (including phenoxy) is 1. The van der Waals surface area contributed by atoms with Gasteiger partial charge in [0.2, 0.25) is 5.88 Å². The lowest BCUT2D eigenvalue weighted by Crippen LogP contribution is -2.25. The van der Waals surface area contributed by atoms with E-state index in [4.69, 9.17) is 4.74 Å². The van der Waals surface area contributed by atoms with E-state index < -0.39 is 35.2 Å². The molecule has 8 heteroatoms. The van der Waals surface area contributed by atoms with Crippen LogP contribution in [0.15, 0.2) is 39.6 Å². The topological polar surface area (TPSA) is 44.1 Å². The summed E-state index contributed by atoms with van der Waals surface area (Å²) in [6.07, 6.45) is 0. The van der Waals surface area contributed by atoms with Crippen molar-refractivity contribution in [3.05, 3.63) is 85.1 Å². The summed E-state index contributed by atoms with van der Waals surface area (Å²) in [7, 11) is 0. The molecular weight excluding hydrogens is 437 g/mol. The van der Waals surface area contributed by atoms with E-state index in [1.165, 1.54) is 4.57 Å². The van der Waals surface area contributed by atoms with Gasteiger partial charge < -0.3 is 4.74 Å². The Kier molecular flexibility index (Phi) is 5.60. The van der Waals surface area contributed by atoms with Crippen LogP contribution < -0.4 is 10.3 Å². The molecular formula is C20H16BrF3N2O2. The van der Waals surface area contributed by atoms with E-state index in [0.29, 0.717) is 23.6 Å². The van der Waals surface area contributed by atoms with Gasteiger partial charge in [-0.2, -0.15) is 4.98 Å². The van der Waals surface area contributed by atoms with Crippen molar-refractivity contribution in [2.75, 3.05) is 0 Å². The van der Waals surface area contributed by atoms with Gasteiger partial charge in [-0.1, -0.05) is 18.2 Å². The summed E-state index contributed by atoms with van der Waals surface area (Å²) in [5.41, 5.74) is 1.62. The molecule has 0 aliphatic carbocycles. The predicted octanol–water partition coefficient (Wildman–Crippen LogP) is 4.92. The zero-order chi connectivity index (χ0) is 20.6. The maximum Gasteiger partial charge on any atom is 0.276 e. The van der Waals surface area contributed by atoms with E-state index in [9.17, 15) is 18.0 Å². The van der Waals surface area contributed by atoms with Crippen molar-refractivity contribution >= 4 is 15.9 Å². The van der Waals surface area contributed by atoms with E-state index in [1.54, 1.807) is 6.92 Å². The lowest BCUT2D eigenvalue weighted by molar-refractivity contribution is 0.276. The molecule has 0 spiro atoms. The highest BCUT2D eigenvalue weighted by Gasteiger charge is 2.19. The molecule has 0 atom stereocenters. The standard InChI is InChI=1S/C20H16BrF3N2O2/c1-10-5-4-6-11(2)18(10)26-12(3)25-19(17(21)20(26)27)28-9-14-15(23)7-13(22)8-16(14)24/h4-8H,9H2,1-3H3. The second kappa shape index (κ2) is 7.79. The highest BCUT2D eigenvalue weighted by molar-refractivity contribution is 9.10. The number of halogens is 4. The van der Waals surface area contributed by atoms with E-state index in [0.717, 1.165) is 11.1 Å². The third-order valence-corrected chi connectivity index (χ3v) is 4.97. The van der Waals surface area contributed by atoms with Crippen molar-refractivity contribution < 1.29 is 17.9 Å². The lowest BCUT2D eigenvalue weighted by atomic mass is 10.1. The maximum atomic E-state index is 13.8. The molecule has 2 aromatic carbocycles. The highest BCUT2D eigenvalue weighted by Crippen LogP contribution is 2.25. The molecule has 0 saturated heterocycles. The Labute approximate surface area is 167 Å². The summed E-state index contributed by atoms with van der Waals surface area (Å²) in [5.74, 6) is -2.93. The summed E-state index contributed by atoms with van der Waals surface area (Å²) in [6.45, 7) is 4.85. The minimum Gasteiger partial charge on any atom is -0.472 e. The van der Waals surface area contributed by atoms with Crippen LogP contribution >= 0.6 is 15.9 Å². The number of benzene rings is 2. The van der Waals surface area contributed by atoms with Crippen LogP contribution in [-0.4, -0.2) is 9.55 Å². The second-order valence-corrected chi connectivity index (χ2v) is 7.09. The van der Waals surface area contributed by atoms with Crippen LogP contribution in [0.3, 0.4) is 0 Å². The van der Waals surface area contributed by atoms with Gasteiger partial charge in [0.15, 0.2) is 0 Å². The van der Waals surface area contributed by atoms with Crippen molar-refractivity contribution in [2.45, 2.75) is 27.4 Å². The van der Waals surface area contributed by atoms with E-state index in [-0.39, 0.29) is 10.4 Å². The van der Waals surface area contributed by atoms with Crippen LogP contribution in [0, 0.1) is 38.2 Å². The molecule has 4 nitrogen and oxygen atoms in total. The molecule has 0 N–H and O–H groups in total. The van der Waals surface area contributed by atoms with Gasteiger partial charge in [-0.15, -0.1) is 0 Å². The smallest absolute Gasteiger partial charge is 0.276 e. The molecule has 0 aliphatic heterocycles. The first-order valence-corrected chi connectivity index (χ1v) is 9.12. The second-order valence-electron chi connectivity index (χ2n) is 6.30. The van der Waals surface area contributed by atoms with Gasteiger partial charge in [0.25, 0.3) is 5.56 Å². The average molecular weight is 453 g/mol. The van der Waals surface area contributed by atoms with Crippen molar-refractivity contribution in [1.82, 2.24) is 9.55 Å². The molecule has 3 rings (SSSR count). The zero-order valence-electron chi connectivity index (χ0n) is 15.3. The van der Waals surface area contributed by atoms with Gasteiger partial charge >= 0.3 is 0 Å². The SMILES string of the molecule is Cc1cccc(C)c1-n1c(C)nc(OCc2c(F)cc(F)cc2F)c(Br)c1=O. The van der Waals surface area contributed by atoms with Crippen LogP contribution in [0.25, 0.3) is 5.69 Å². The van der Waals surface area contributed by atoms with Crippen LogP contribution in [0.5, 0.6) is 5.88 Å². The lowest BCUT2D eigenvalue weighted by Gasteiger charge is -2.17. The fraction of sp³-hybridized carbons (Fsp3) is 0.200. The number of para-hydroxylation sites is 1. The van der Waals surface area contributed by atoms with Crippen molar-refractivity contribution in [3.63, 3.8) is 0 Å². The summed E-state index contributed by atoms with van der Waals surface area (Å²) >= 11 is 3.17. The van der Waals surface area contributed by atoms with Crippen molar-refractivity contribution in [1.29, 1.82) is 0 Å². The Morgan fingerprint density at radius 1 is 1.07 bits per heavy atom. The van der Waals surface area contributed by atoms with Crippen molar-refractivity contribution in [2.24, 2.45) is 0 Å². The average Bonchev–Trinajstić information content (AvgIpc) is 2.60. The monoisotopic (exact) mass is 452 g/mol. The molecule has 0 bridgehead atoms. The summed E-state index contributed by atoms with van der Waals surface area (Å²) in [6, 6.07) is 6.78. The van der Waals surface area contributed by atoms with Gasteiger partial charge in [0, 0.05) is 12.1 Å². The quantitative estimate of drug-likeness (QED) is 0.564. The third-order valence-electron chi connectivity index (χ3n) is 4.29. The van der Waals surface area contributed by atoms with E-state index >= 15 is 0 Å². The Morgan fingerprint density at radius 2 is 1.64 bits per heavy atom. The summed E-state index contributed by atoms with van der Waals surface area (Å²) in [4.78, 5) is 17.2. The molecule has 0 unspecified atom stereocenters. The molecule has 0 saturated carbocycles. The first-order valence-electron chi connectivity index (χ1n) is 8.32. The molecule has 0 radical (unpaired) electrons. The van der Waals surface area contributed by atoms with E-state index in [2.05, 4.69) is 20.9 Å². The number of hydrogen-bond donors (Lipinski definition) is 0. The Hall–Kier alpha value is -2.61. The highest BCUT2D eigenvalue weighted by atomic mass is 79.9. The Balaban J connectivity index is 2.01. The molecule has 3 aromatic rings. The molecule has 146 valence electrons. The van der Waals surface area contributed by atoms with Gasteiger partial charge in [-0.05, 0) is 47.8 Å². The number of aromatic nitrogens is 2. The molecule has 0 fully saturated rings. The Morgan fingerprint density at radius 3 is 2.21 bits per heavy atom. The van der Waals surface area contributed by atoms with Crippen LogP contribution in [-0.2, 0) is 6.61 Å². The number of aryl methyl sites for hydroxylation is 3. The van der Waals surface area contributed by atoms with Gasteiger partial charge in [0.05, 0.1) is 11.3 Å². The van der Waals surface area contributed by atoms with Gasteiger partial charge in [-0.25, -0.2) is 13.2 Å². The summed E-state index contributed by atoms with van der Waals surface area (Å²) < 4.78 is 47.4. The van der Waals surface area contributed by atoms with Gasteiger partial charge in [-0.3, -0.25) is 9.36 Å². The largest absolute Gasteiger partial charge is 0.472 e. The fourth-order valence-corrected chi connectivity index (χ4v) is 3.33. The van der Waals surface area contributed by atoms with Crippen LogP contribution in [0.2, 0.25) is 0 Å². The fourth-order valence-electron chi connectivity index (χ4n) is 2.95. The van der Waals surface area contributed by atoms with Gasteiger partial charge in [0.1, 0.15) is 34.4 Å². The van der Waals surface area contributed by atoms with Crippen LogP contribution in [0.4, 0.5) is 13.2 Å². The summed E-state index contributed by atoms with van der Waals surface area (Å²) in [5, 5.41) is 0. The first-order chi connectivity index (χ1) is 13.2. The third kappa shape index (κ3) is 3.69. The normalized spacial score (nSPS) is 11.0. The number of rotatable bonds is 4. The minimum atomic E-state index is -1.07. The van der Waals surface area contributed by atoms with Crippen molar-refractivity contribution in [3.8, 4) is 11.6 Å². The minimum absolute atomic E-state index is 0.0173. The molecule has 0 amide bonds. The maximum absolute atomic E-state index is 13.8. The Bertz CT molecular complexity index is 1090. The van der Waals surface area contributed by atoms with Crippen LogP contribution in [0.1, 0.15) is 22.5 Å². The van der Waals surface area contributed by atoms with E-state index in [1.807, 2.05) is 32.0 Å². The first kappa shape index (κ1) is 20.1. The molecule has 28 heavy (non-hydrogen) atoms. The number of nitrogens with zero attached hydrogens (tertiary/aromatic N) is 2. The molecule has 1 heterocycles. The number of hydrogen-bond acceptors (Lipinski definition) is 3. The zero-order valence-corrected chi connectivity index (χ0v) is 16.9.